The molecule has 0 aromatic heterocycles. The third-order valence-electron chi connectivity index (χ3n) is 12.2. The van der Waals surface area contributed by atoms with E-state index in [1.807, 2.05) is 0 Å². The van der Waals surface area contributed by atoms with Crippen LogP contribution in [0.2, 0.25) is 0 Å². The number of hydrogen-bond acceptors (Lipinski definition) is 16. The van der Waals surface area contributed by atoms with Gasteiger partial charge >= 0.3 is 11.9 Å². The number of carbonyl (C=O) groups excluding carboxylic acids is 2. The summed E-state index contributed by atoms with van der Waals surface area (Å²) < 4.78 is 194. The number of aliphatic hydroxyl groups is 1. The van der Waals surface area contributed by atoms with Crippen LogP contribution >= 0.6 is 0 Å². The number of fused-ring (bicyclic) bond motifs is 1. The van der Waals surface area contributed by atoms with Gasteiger partial charge in [-0.1, -0.05) is 26.0 Å². The molecule has 77 heavy (non-hydrogen) atoms. The second-order valence-corrected chi connectivity index (χ2v) is 28.2. The number of carboxylic acid groups (broad SMARTS) is 1. The van der Waals surface area contributed by atoms with Gasteiger partial charge in [-0.2, -0.15) is 46.7 Å². The number of nitrogens with zero attached hydrogens (tertiary/aromatic N) is 3. The first-order valence-electron chi connectivity index (χ1n) is 22.9. The summed E-state index contributed by atoms with van der Waals surface area (Å²) in [4.78, 5) is 40.6. The van der Waals surface area contributed by atoms with Gasteiger partial charge in [0.05, 0.1) is 38.9 Å². The number of nitrogens with one attached hydrogen (secondary N) is 2. The van der Waals surface area contributed by atoms with E-state index in [-0.39, 0.29) is 67.0 Å². The van der Waals surface area contributed by atoms with Gasteiger partial charge < -0.3 is 25.7 Å². The molecule has 9 N–H and O–H groups in total. The van der Waals surface area contributed by atoms with E-state index in [4.69, 9.17) is 5.11 Å². The zero-order valence-electron chi connectivity index (χ0n) is 41.6. The minimum absolute atomic E-state index is 0.000101. The van der Waals surface area contributed by atoms with Gasteiger partial charge in [0.2, 0.25) is 27.5 Å². The summed E-state index contributed by atoms with van der Waals surface area (Å²) in [5.41, 5.74) is -2.27. The molecule has 2 amide bonds. The summed E-state index contributed by atoms with van der Waals surface area (Å²) in [6, 6.07) is 8.49. The maximum Gasteiger partial charge on any atom is 0.365 e. The second-order valence-electron chi connectivity index (χ2n) is 18.4. The first-order valence-corrected chi connectivity index (χ1v) is 32.3. The number of hydrogen-bond donors (Lipinski definition) is 9. The van der Waals surface area contributed by atoms with Crippen LogP contribution in [-0.4, -0.2) is 179 Å². The van der Waals surface area contributed by atoms with Crippen LogP contribution in [0.5, 0.6) is 0 Å². The molecule has 0 bridgehead atoms. The van der Waals surface area contributed by atoms with Crippen LogP contribution in [-0.2, 0) is 80.4 Å². The van der Waals surface area contributed by atoms with Crippen LogP contribution in [0.1, 0.15) is 57.9 Å². The van der Waals surface area contributed by atoms with E-state index in [2.05, 4.69) is 10.6 Å². The average molecular weight is 1200 g/mol. The number of allylic oxidation sites excluding steroid dienone is 7. The predicted molar refractivity (Wildman–Crippen MR) is 278 cm³/mol. The van der Waals surface area contributed by atoms with Gasteiger partial charge in [0.1, 0.15) is 5.41 Å². The Balaban J connectivity index is 1.97. The first kappa shape index (κ1) is 64.1. The molecule has 0 fully saturated rings. The van der Waals surface area contributed by atoms with E-state index >= 15 is 0 Å². The van der Waals surface area contributed by atoms with Crippen LogP contribution in [0.4, 0.5) is 11.4 Å². The summed E-state index contributed by atoms with van der Waals surface area (Å²) in [5.74, 6) is -7.67. The normalized spacial score (nSPS) is 17.6. The third kappa shape index (κ3) is 18.6. The molecule has 1 heterocycles. The molecule has 0 spiro atoms. The van der Waals surface area contributed by atoms with Crippen molar-refractivity contribution < 1.29 is 102 Å². The summed E-state index contributed by atoms with van der Waals surface area (Å²) in [6.07, 6.45) is 4.61. The highest BCUT2D eigenvalue weighted by atomic mass is 32.2. The monoisotopic (exact) mass is 1200 g/mol. The van der Waals surface area contributed by atoms with Crippen molar-refractivity contribution in [3.63, 3.8) is 0 Å². The highest BCUT2D eigenvalue weighted by Crippen LogP contribution is 2.49. The standard InChI is InChI=1S/C44H59N5O22S6/c1-43(2)36-28-35(77(69,70)71)14-15-37(36)49(22-6-24-73(58,59)60)38(43)16-8-31-27-32(30-44(29-31,41(53)45-18-25-74(61,62)63)42(54)46-19-26-75(64,65)66)9-17-39(50)48(21-5-23-72(55,56)57)33-10-12-34(13-11-33)76(67,68)47(3)20-4-7-40(51)52/h8-17,27-28H,4-7,18-26,29-30H2,1-3H3,(H8,45,46,51,52,53,54,55,56,57,58,59,60,61,62,63,64,65,66,69,70,71)/p+1. The van der Waals surface area contributed by atoms with E-state index in [1.165, 1.54) is 55.6 Å². The van der Waals surface area contributed by atoms with Crippen molar-refractivity contribution in [1.82, 2.24) is 14.9 Å². The number of amides is 2. The summed E-state index contributed by atoms with van der Waals surface area (Å²) in [6.45, 7) is 1.22. The Morgan fingerprint density at radius 2 is 1.23 bits per heavy atom. The Bertz CT molecular complexity index is 3410. The topological polar surface area (TPSA) is 431 Å². The van der Waals surface area contributed by atoms with Crippen LogP contribution in [0.25, 0.3) is 0 Å². The average Bonchev–Trinajstić information content (AvgIpc) is 3.50. The van der Waals surface area contributed by atoms with Crippen LogP contribution in [0.15, 0.2) is 99.5 Å². The van der Waals surface area contributed by atoms with E-state index in [0.717, 1.165) is 33.2 Å². The minimum Gasteiger partial charge on any atom is -0.481 e. The number of sulfonamides is 1. The molecule has 1 aliphatic heterocycles. The molecule has 2 aromatic carbocycles. The number of carbonyl (C=O) groups is 3. The Morgan fingerprint density at radius 1 is 0.701 bits per heavy atom. The molecule has 0 saturated carbocycles. The molecule has 0 saturated heterocycles. The zero-order chi connectivity index (χ0) is 58.2. The smallest absolute Gasteiger partial charge is 0.365 e. The summed E-state index contributed by atoms with van der Waals surface area (Å²) in [7, 11) is -26.1. The minimum atomic E-state index is -4.74. The Hall–Kier alpha value is -5.46. The molecule has 2 aliphatic rings. The van der Waals surface area contributed by atoms with Crippen molar-refractivity contribution in [1.29, 1.82) is 0 Å². The Morgan fingerprint density at radius 3 is 1.75 bits per heavy atom. The first-order chi connectivity index (χ1) is 35.3. The second kappa shape index (κ2) is 25.1. The molecule has 0 atom stereocenters. The summed E-state index contributed by atoms with van der Waals surface area (Å²) in [5, 5.41) is 25.2. The highest BCUT2D eigenvalue weighted by Gasteiger charge is 2.48. The van der Waals surface area contributed by atoms with Crippen molar-refractivity contribution in [2.75, 3.05) is 67.7 Å². The predicted octanol–water partition coefficient (Wildman–Crippen LogP) is 1.45. The van der Waals surface area contributed by atoms with Crippen LogP contribution < -0.4 is 15.5 Å². The SMILES string of the molecule is CN(CCCC(=O)O)S(=O)(=O)c1ccc([N+](CCCS(=O)(=O)O)=C(O)C=CC2=CC(=CC=C3N(CCCS(=O)(=O)O)c4ccc(S(=O)(=O)O)cc4C3(C)C)CC(C(=O)NCCS(=O)(=O)O)(C(=O)NCCS(=O)(=O)O)C2)cc1. The van der Waals surface area contributed by atoms with Gasteiger partial charge in [-0.15, -0.1) is 0 Å². The van der Waals surface area contributed by atoms with Crippen molar-refractivity contribution in [2.45, 2.75) is 67.6 Å². The molecular weight excluding hydrogens is 1140 g/mol. The fourth-order valence-electron chi connectivity index (χ4n) is 8.41. The van der Waals surface area contributed by atoms with Crippen LogP contribution in [0, 0.1) is 5.41 Å². The Labute approximate surface area is 446 Å². The fourth-order valence-corrected chi connectivity index (χ4v) is 11.8. The van der Waals surface area contributed by atoms with Gasteiger partial charge in [-0.3, -0.25) is 37.1 Å². The number of carboxylic acids is 1. The largest absolute Gasteiger partial charge is 0.481 e. The van der Waals surface area contributed by atoms with Gasteiger partial charge in [-0.25, -0.2) is 12.7 Å². The molecule has 4 rings (SSSR count). The number of benzene rings is 2. The lowest BCUT2D eigenvalue weighted by molar-refractivity contribution is -0.448. The lowest BCUT2D eigenvalue weighted by Crippen LogP contribution is -2.53. The molecule has 27 nitrogen and oxygen atoms in total. The van der Waals surface area contributed by atoms with Gasteiger partial charge in [0.25, 0.3) is 50.6 Å². The van der Waals surface area contributed by atoms with E-state index < -0.39 is 149 Å². The van der Waals surface area contributed by atoms with Crippen LogP contribution in [0.3, 0.4) is 0 Å². The zero-order valence-corrected chi connectivity index (χ0v) is 46.5. The van der Waals surface area contributed by atoms with Gasteiger partial charge in [0.15, 0.2) is 6.54 Å². The molecule has 428 valence electrons. The van der Waals surface area contributed by atoms with E-state index in [1.54, 1.807) is 18.7 Å². The number of aliphatic hydroxyl groups excluding tert-OH is 1. The lowest BCUT2D eigenvalue weighted by Gasteiger charge is -2.35. The molecule has 0 radical (unpaired) electrons. The Kier molecular flexibility index (Phi) is 20.9. The number of aliphatic carboxylic acids is 1. The molecule has 33 heteroatoms. The lowest BCUT2D eigenvalue weighted by atomic mass is 9.70. The molecule has 1 aliphatic carbocycles. The van der Waals surface area contributed by atoms with E-state index in [9.17, 15) is 92.8 Å². The summed E-state index contributed by atoms with van der Waals surface area (Å²) >= 11 is 0. The molecule has 0 unspecified atom stereocenters. The van der Waals surface area contributed by atoms with E-state index in [0.29, 0.717) is 16.9 Å². The van der Waals surface area contributed by atoms with Crippen molar-refractivity contribution in [3.05, 3.63) is 95.3 Å². The van der Waals surface area contributed by atoms with Crippen molar-refractivity contribution in [2.24, 2.45) is 5.41 Å². The maximum absolute atomic E-state index is 14.4. The maximum atomic E-state index is 14.4. The van der Waals surface area contributed by atoms with Crippen molar-refractivity contribution in [3.8, 4) is 0 Å². The molecular formula is C44H60N5O22S6+. The quantitative estimate of drug-likeness (QED) is 0.0201. The van der Waals surface area contributed by atoms with Gasteiger partial charge in [-0.05, 0) is 84.9 Å². The third-order valence-corrected chi connectivity index (χ3v) is 17.9. The number of rotatable bonds is 27. The van der Waals surface area contributed by atoms with Crippen molar-refractivity contribution >= 4 is 95.7 Å². The molecule has 2 aromatic rings. The fraction of sp³-hybridized carbons (Fsp3) is 0.455. The highest BCUT2D eigenvalue weighted by molar-refractivity contribution is 7.89. The number of anilines is 1. The van der Waals surface area contributed by atoms with Gasteiger partial charge in [0, 0.05) is 75.0 Å².